The van der Waals surface area contributed by atoms with Crippen molar-refractivity contribution in [2.45, 2.75) is 12.8 Å². The molecule has 1 aromatic heterocycles. The molecule has 7 heteroatoms. The number of carboxylic acid groups (broad SMARTS) is 1. The summed E-state index contributed by atoms with van der Waals surface area (Å²) in [5, 5.41) is 14.7. The summed E-state index contributed by atoms with van der Waals surface area (Å²) in [6.07, 6.45) is 1.94. The van der Waals surface area contributed by atoms with Crippen LogP contribution in [0.2, 0.25) is 5.02 Å². The molecule has 0 radical (unpaired) electrons. The molecular weight excluding hydrogens is 270 g/mol. The number of carbonyl (C=O) groups is 2. The third-order valence-electron chi connectivity index (χ3n) is 2.73. The summed E-state index contributed by atoms with van der Waals surface area (Å²) in [6, 6.07) is 3.07. The number of rotatable bonds is 6. The first-order valence-electron chi connectivity index (χ1n) is 5.99. The predicted molar refractivity (Wildman–Crippen MR) is 70.4 cm³/mol. The highest BCUT2D eigenvalue weighted by Crippen LogP contribution is 2.28. The summed E-state index contributed by atoms with van der Waals surface area (Å²) >= 11 is 5.71. The van der Waals surface area contributed by atoms with Gasteiger partial charge < -0.3 is 15.7 Å². The highest BCUT2D eigenvalue weighted by molar-refractivity contribution is 6.33. The number of aromatic carboxylic acids is 1. The fraction of sp³-hybridized carbons (Fsp3) is 0.417. The van der Waals surface area contributed by atoms with Gasteiger partial charge in [0.2, 0.25) is 5.91 Å². The van der Waals surface area contributed by atoms with E-state index in [2.05, 4.69) is 15.6 Å². The van der Waals surface area contributed by atoms with Gasteiger partial charge in [-0.15, -0.1) is 0 Å². The quantitative estimate of drug-likeness (QED) is 0.686. The Morgan fingerprint density at radius 1 is 1.37 bits per heavy atom. The first-order chi connectivity index (χ1) is 9.08. The number of pyridine rings is 1. The molecule has 1 aliphatic carbocycles. The number of anilines is 1. The topological polar surface area (TPSA) is 91.3 Å². The minimum absolute atomic E-state index is 0.0806. The van der Waals surface area contributed by atoms with Crippen molar-refractivity contribution in [2.75, 3.05) is 18.4 Å². The molecule has 0 saturated heterocycles. The zero-order valence-electron chi connectivity index (χ0n) is 10.1. The van der Waals surface area contributed by atoms with Gasteiger partial charge in [-0.2, -0.15) is 0 Å². The van der Waals surface area contributed by atoms with E-state index in [4.69, 9.17) is 16.7 Å². The summed E-state index contributed by atoms with van der Waals surface area (Å²) in [6.45, 7) is 0.953. The smallest absolute Gasteiger partial charge is 0.356 e. The highest BCUT2D eigenvalue weighted by atomic mass is 35.5. The lowest BCUT2D eigenvalue weighted by atomic mass is 10.3. The maximum Gasteiger partial charge on any atom is 0.356 e. The van der Waals surface area contributed by atoms with E-state index >= 15 is 0 Å². The first kappa shape index (κ1) is 13.6. The zero-order chi connectivity index (χ0) is 13.8. The Morgan fingerprint density at radius 3 is 2.74 bits per heavy atom. The van der Waals surface area contributed by atoms with Crippen LogP contribution in [0.5, 0.6) is 0 Å². The average molecular weight is 284 g/mol. The monoisotopic (exact) mass is 283 g/mol. The van der Waals surface area contributed by atoms with Crippen LogP contribution in [0.25, 0.3) is 0 Å². The molecule has 19 heavy (non-hydrogen) atoms. The Labute approximate surface area is 115 Å². The van der Waals surface area contributed by atoms with Crippen LogP contribution < -0.4 is 10.6 Å². The van der Waals surface area contributed by atoms with Crippen molar-refractivity contribution in [2.24, 2.45) is 5.92 Å². The van der Waals surface area contributed by atoms with E-state index in [9.17, 15) is 9.59 Å². The van der Waals surface area contributed by atoms with Gasteiger partial charge >= 0.3 is 5.97 Å². The lowest BCUT2D eigenvalue weighted by molar-refractivity contribution is -0.122. The Morgan fingerprint density at radius 2 is 2.11 bits per heavy atom. The van der Waals surface area contributed by atoms with Crippen LogP contribution in [0.15, 0.2) is 12.1 Å². The van der Waals surface area contributed by atoms with Gasteiger partial charge in [0.1, 0.15) is 5.82 Å². The molecule has 0 aliphatic heterocycles. The van der Waals surface area contributed by atoms with E-state index in [1.54, 1.807) is 6.07 Å². The second kappa shape index (κ2) is 5.88. The summed E-state index contributed by atoms with van der Waals surface area (Å²) in [5.41, 5.74) is -0.186. The molecule has 0 unspecified atom stereocenters. The van der Waals surface area contributed by atoms with Crippen LogP contribution >= 0.6 is 11.6 Å². The Balaban J connectivity index is 1.80. The number of amides is 1. The number of carboxylic acids is 1. The van der Waals surface area contributed by atoms with Gasteiger partial charge in [0.25, 0.3) is 0 Å². The fourth-order valence-corrected chi connectivity index (χ4v) is 1.74. The molecule has 0 spiro atoms. The van der Waals surface area contributed by atoms with Crippen molar-refractivity contribution in [1.82, 2.24) is 10.3 Å². The van der Waals surface area contributed by atoms with Crippen molar-refractivity contribution >= 4 is 29.3 Å². The number of nitrogens with one attached hydrogen (secondary N) is 2. The number of nitrogens with zero attached hydrogens (tertiary/aromatic N) is 1. The molecule has 1 amide bonds. The minimum atomic E-state index is -1.17. The maximum absolute atomic E-state index is 11.4. The van der Waals surface area contributed by atoms with Crippen LogP contribution in [-0.4, -0.2) is 35.1 Å². The summed E-state index contributed by atoms with van der Waals surface area (Å²) in [5.74, 6) is -0.484. The van der Waals surface area contributed by atoms with Crippen LogP contribution in [0.4, 0.5) is 5.82 Å². The number of hydrogen-bond acceptors (Lipinski definition) is 4. The van der Waals surface area contributed by atoms with Gasteiger partial charge in [0, 0.05) is 19.0 Å². The standard InChI is InChI=1S/C12H14ClN3O3/c13-8-3-4-9(16-10(8)12(18)19)14-5-6-15-11(17)7-1-2-7/h3-4,7H,1-2,5-6H2,(H,14,16)(H,15,17)(H,18,19). The lowest BCUT2D eigenvalue weighted by Gasteiger charge is -2.08. The van der Waals surface area contributed by atoms with Crippen molar-refractivity contribution in [3.8, 4) is 0 Å². The van der Waals surface area contributed by atoms with E-state index in [0.29, 0.717) is 18.9 Å². The second-order valence-electron chi connectivity index (χ2n) is 4.32. The van der Waals surface area contributed by atoms with Crippen molar-refractivity contribution in [3.63, 3.8) is 0 Å². The Hall–Kier alpha value is -1.82. The fourth-order valence-electron chi connectivity index (χ4n) is 1.56. The third kappa shape index (κ3) is 3.82. The summed E-state index contributed by atoms with van der Waals surface area (Å²) in [7, 11) is 0. The van der Waals surface area contributed by atoms with Crippen molar-refractivity contribution in [1.29, 1.82) is 0 Å². The Bertz CT molecular complexity index is 503. The molecule has 3 N–H and O–H groups in total. The van der Waals surface area contributed by atoms with E-state index in [-0.39, 0.29) is 22.5 Å². The lowest BCUT2D eigenvalue weighted by Crippen LogP contribution is -2.30. The van der Waals surface area contributed by atoms with Crippen LogP contribution in [0.1, 0.15) is 23.3 Å². The molecule has 102 valence electrons. The van der Waals surface area contributed by atoms with Gasteiger partial charge in [-0.1, -0.05) is 11.6 Å². The van der Waals surface area contributed by atoms with Crippen LogP contribution in [0, 0.1) is 5.92 Å². The number of halogens is 1. The van der Waals surface area contributed by atoms with Crippen molar-refractivity contribution in [3.05, 3.63) is 22.8 Å². The number of carbonyl (C=O) groups excluding carboxylic acids is 1. The molecule has 1 fully saturated rings. The predicted octanol–water partition coefficient (Wildman–Crippen LogP) is 1.37. The van der Waals surface area contributed by atoms with E-state index in [1.165, 1.54) is 6.07 Å². The Kier molecular flexibility index (Phi) is 4.21. The highest BCUT2D eigenvalue weighted by Gasteiger charge is 2.28. The molecule has 1 aromatic rings. The van der Waals surface area contributed by atoms with Crippen LogP contribution in [0.3, 0.4) is 0 Å². The SMILES string of the molecule is O=C(O)c1nc(NCCNC(=O)C2CC2)ccc1Cl. The molecular formula is C12H14ClN3O3. The van der Waals surface area contributed by atoms with E-state index in [0.717, 1.165) is 12.8 Å². The molecule has 2 rings (SSSR count). The average Bonchev–Trinajstić information content (AvgIpc) is 3.20. The second-order valence-corrected chi connectivity index (χ2v) is 4.73. The number of aromatic nitrogens is 1. The van der Waals surface area contributed by atoms with Crippen LogP contribution in [-0.2, 0) is 4.79 Å². The van der Waals surface area contributed by atoms with Crippen molar-refractivity contribution < 1.29 is 14.7 Å². The zero-order valence-corrected chi connectivity index (χ0v) is 10.9. The number of hydrogen-bond donors (Lipinski definition) is 3. The maximum atomic E-state index is 11.4. The van der Waals surface area contributed by atoms with Gasteiger partial charge in [-0.25, -0.2) is 9.78 Å². The molecule has 1 heterocycles. The third-order valence-corrected chi connectivity index (χ3v) is 3.03. The van der Waals surface area contributed by atoms with E-state index in [1.807, 2.05) is 0 Å². The van der Waals surface area contributed by atoms with Gasteiger partial charge in [-0.05, 0) is 25.0 Å². The molecule has 1 saturated carbocycles. The normalized spacial score (nSPS) is 13.9. The van der Waals surface area contributed by atoms with Gasteiger partial charge in [0.15, 0.2) is 5.69 Å². The molecule has 0 bridgehead atoms. The molecule has 0 atom stereocenters. The van der Waals surface area contributed by atoms with Gasteiger partial charge in [-0.3, -0.25) is 4.79 Å². The summed E-state index contributed by atoms with van der Waals surface area (Å²) in [4.78, 5) is 26.1. The van der Waals surface area contributed by atoms with Gasteiger partial charge in [0.05, 0.1) is 5.02 Å². The molecule has 0 aromatic carbocycles. The summed E-state index contributed by atoms with van der Waals surface area (Å²) < 4.78 is 0. The van der Waals surface area contributed by atoms with E-state index < -0.39 is 5.97 Å². The molecule has 6 nitrogen and oxygen atoms in total. The first-order valence-corrected chi connectivity index (χ1v) is 6.37. The largest absolute Gasteiger partial charge is 0.476 e. The molecule has 1 aliphatic rings. The minimum Gasteiger partial charge on any atom is -0.476 e.